The van der Waals surface area contributed by atoms with E-state index in [0.29, 0.717) is 0 Å². The lowest BCUT2D eigenvalue weighted by Gasteiger charge is -1.95. The van der Waals surface area contributed by atoms with Crippen LogP contribution in [0.1, 0.15) is 5.56 Å². The van der Waals surface area contributed by atoms with Crippen LogP contribution in [-0.2, 0) is 0 Å². The number of aromatic nitrogens is 1. The molecule has 0 saturated carbocycles. The minimum absolute atomic E-state index is 0.817. The highest BCUT2D eigenvalue weighted by atomic mass is 35.5. The Morgan fingerprint density at radius 3 is 3.09 bits per heavy atom. The summed E-state index contributed by atoms with van der Waals surface area (Å²) in [7, 11) is 0. The third-order valence-corrected chi connectivity index (χ3v) is 2.80. The molecule has 3 heteroatoms. The van der Waals surface area contributed by atoms with Crippen LogP contribution in [-0.4, -0.2) is 4.37 Å². The van der Waals surface area contributed by atoms with Gasteiger partial charge in [0.05, 0.1) is 4.70 Å². The molecule has 2 rings (SSSR count). The van der Waals surface area contributed by atoms with Gasteiger partial charge in [-0.1, -0.05) is 11.6 Å². The fourth-order valence-corrected chi connectivity index (χ4v) is 1.89. The van der Waals surface area contributed by atoms with E-state index >= 15 is 0 Å². The SMILES string of the molecule is Cc1cc2sncc2cc1Cl. The van der Waals surface area contributed by atoms with Crippen molar-refractivity contribution in [2.45, 2.75) is 6.92 Å². The maximum atomic E-state index is 5.92. The van der Waals surface area contributed by atoms with E-state index in [-0.39, 0.29) is 0 Å². The van der Waals surface area contributed by atoms with Crippen LogP contribution in [0.15, 0.2) is 18.3 Å². The summed E-state index contributed by atoms with van der Waals surface area (Å²) in [6.07, 6.45) is 1.84. The molecular formula is C8H6ClNS. The predicted molar refractivity (Wildman–Crippen MR) is 49.4 cm³/mol. The van der Waals surface area contributed by atoms with Gasteiger partial charge in [-0.2, -0.15) is 4.37 Å². The van der Waals surface area contributed by atoms with Crippen molar-refractivity contribution < 1.29 is 0 Å². The summed E-state index contributed by atoms with van der Waals surface area (Å²) in [4.78, 5) is 0. The summed E-state index contributed by atoms with van der Waals surface area (Å²) < 4.78 is 5.27. The number of nitrogens with zero attached hydrogens (tertiary/aromatic N) is 1. The van der Waals surface area contributed by atoms with Gasteiger partial charge in [0.2, 0.25) is 0 Å². The second-order valence-electron chi connectivity index (χ2n) is 2.47. The normalized spacial score (nSPS) is 10.7. The molecular weight excluding hydrogens is 178 g/mol. The molecule has 0 amide bonds. The van der Waals surface area contributed by atoms with Crippen LogP contribution >= 0.6 is 23.1 Å². The van der Waals surface area contributed by atoms with E-state index in [9.17, 15) is 0 Å². The third-order valence-electron chi connectivity index (χ3n) is 1.63. The highest BCUT2D eigenvalue weighted by Crippen LogP contribution is 2.25. The van der Waals surface area contributed by atoms with Crippen LogP contribution in [0.2, 0.25) is 5.02 Å². The Kier molecular flexibility index (Phi) is 1.59. The number of hydrogen-bond donors (Lipinski definition) is 0. The summed E-state index contributed by atoms with van der Waals surface area (Å²) in [5.74, 6) is 0. The molecule has 11 heavy (non-hydrogen) atoms. The van der Waals surface area contributed by atoms with Crippen molar-refractivity contribution in [3.63, 3.8) is 0 Å². The lowest BCUT2D eigenvalue weighted by atomic mass is 10.2. The summed E-state index contributed by atoms with van der Waals surface area (Å²) in [6.45, 7) is 2.00. The number of rotatable bonds is 0. The van der Waals surface area contributed by atoms with E-state index in [1.165, 1.54) is 16.2 Å². The van der Waals surface area contributed by atoms with Crippen molar-refractivity contribution in [3.05, 3.63) is 28.9 Å². The van der Waals surface area contributed by atoms with Crippen LogP contribution in [0.25, 0.3) is 10.1 Å². The molecule has 0 fully saturated rings. The van der Waals surface area contributed by atoms with Crippen molar-refractivity contribution in [1.29, 1.82) is 0 Å². The number of halogens is 1. The zero-order valence-electron chi connectivity index (χ0n) is 5.97. The van der Waals surface area contributed by atoms with Crippen molar-refractivity contribution in [3.8, 4) is 0 Å². The molecule has 0 radical (unpaired) electrons. The predicted octanol–water partition coefficient (Wildman–Crippen LogP) is 3.26. The van der Waals surface area contributed by atoms with Crippen LogP contribution in [0.3, 0.4) is 0 Å². The first kappa shape index (κ1) is 7.07. The fourth-order valence-electron chi connectivity index (χ4n) is 0.990. The van der Waals surface area contributed by atoms with Crippen LogP contribution in [0.5, 0.6) is 0 Å². The molecule has 0 N–H and O–H groups in total. The number of benzene rings is 1. The summed E-state index contributed by atoms with van der Waals surface area (Å²) in [6, 6.07) is 4.02. The molecule has 56 valence electrons. The Morgan fingerprint density at radius 2 is 2.27 bits per heavy atom. The summed E-state index contributed by atoms with van der Waals surface area (Å²) >= 11 is 7.42. The average Bonchev–Trinajstić information content (AvgIpc) is 2.36. The zero-order valence-corrected chi connectivity index (χ0v) is 7.54. The van der Waals surface area contributed by atoms with Gasteiger partial charge >= 0.3 is 0 Å². The second-order valence-corrected chi connectivity index (χ2v) is 3.71. The molecule has 1 aromatic carbocycles. The van der Waals surface area contributed by atoms with E-state index in [1.54, 1.807) is 0 Å². The quantitative estimate of drug-likeness (QED) is 0.611. The van der Waals surface area contributed by atoms with Gasteiger partial charge in [-0.3, -0.25) is 0 Å². The van der Waals surface area contributed by atoms with Gasteiger partial charge in [0, 0.05) is 16.6 Å². The highest BCUT2D eigenvalue weighted by molar-refractivity contribution is 7.13. The Morgan fingerprint density at radius 1 is 1.45 bits per heavy atom. The minimum atomic E-state index is 0.817. The smallest absolute Gasteiger partial charge is 0.0553 e. The molecule has 0 atom stereocenters. The first-order valence-corrected chi connectivity index (χ1v) is 4.43. The lowest BCUT2D eigenvalue weighted by Crippen LogP contribution is -1.72. The molecule has 2 aromatic rings. The van der Waals surface area contributed by atoms with Gasteiger partial charge in [0.25, 0.3) is 0 Å². The van der Waals surface area contributed by atoms with Crippen molar-refractivity contribution in [1.82, 2.24) is 4.37 Å². The molecule has 1 heterocycles. The third kappa shape index (κ3) is 1.12. The molecule has 0 aliphatic carbocycles. The lowest BCUT2D eigenvalue weighted by molar-refractivity contribution is 1.51. The van der Waals surface area contributed by atoms with E-state index < -0.39 is 0 Å². The topological polar surface area (TPSA) is 12.9 Å². The largest absolute Gasteiger partial charge is 0.200 e. The number of fused-ring (bicyclic) bond motifs is 1. The van der Waals surface area contributed by atoms with Gasteiger partial charge in [0.15, 0.2) is 0 Å². The van der Waals surface area contributed by atoms with E-state index in [2.05, 4.69) is 10.4 Å². The molecule has 0 spiro atoms. The maximum Gasteiger partial charge on any atom is 0.0553 e. The van der Waals surface area contributed by atoms with E-state index in [4.69, 9.17) is 11.6 Å². The van der Waals surface area contributed by atoms with Crippen LogP contribution in [0, 0.1) is 6.92 Å². The average molecular weight is 184 g/mol. The monoisotopic (exact) mass is 183 g/mol. The number of aryl methyl sites for hydroxylation is 1. The number of hydrogen-bond acceptors (Lipinski definition) is 2. The van der Waals surface area contributed by atoms with Gasteiger partial charge in [-0.25, -0.2) is 0 Å². The Labute approximate surface area is 73.8 Å². The van der Waals surface area contributed by atoms with Gasteiger partial charge < -0.3 is 0 Å². The van der Waals surface area contributed by atoms with Crippen molar-refractivity contribution in [2.24, 2.45) is 0 Å². The highest BCUT2D eigenvalue weighted by Gasteiger charge is 1.99. The zero-order chi connectivity index (χ0) is 7.84. The molecule has 0 aliphatic heterocycles. The van der Waals surface area contributed by atoms with Crippen LogP contribution in [0.4, 0.5) is 0 Å². The molecule has 1 nitrogen and oxygen atoms in total. The second kappa shape index (κ2) is 2.47. The molecule has 0 bridgehead atoms. The summed E-state index contributed by atoms with van der Waals surface area (Å²) in [5.41, 5.74) is 1.11. The molecule has 0 saturated heterocycles. The molecule has 1 aromatic heterocycles. The Balaban J connectivity index is 2.86. The van der Waals surface area contributed by atoms with Gasteiger partial charge in [-0.05, 0) is 36.2 Å². The Bertz CT molecular complexity index is 358. The maximum absolute atomic E-state index is 5.92. The fraction of sp³-hybridized carbons (Fsp3) is 0.125. The van der Waals surface area contributed by atoms with E-state index in [1.807, 2.05) is 19.2 Å². The van der Waals surface area contributed by atoms with Gasteiger partial charge in [0.1, 0.15) is 0 Å². The Hall–Kier alpha value is -0.600. The first-order chi connectivity index (χ1) is 5.27. The van der Waals surface area contributed by atoms with Crippen molar-refractivity contribution in [2.75, 3.05) is 0 Å². The summed E-state index contributed by atoms with van der Waals surface area (Å²) in [5, 5.41) is 1.95. The van der Waals surface area contributed by atoms with E-state index in [0.717, 1.165) is 16.0 Å². The van der Waals surface area contributed by atoms with Crippen LogP contribution < -0.4 is 0 Å². The standard InChI is InChI=1S/C8H6ClNS/c1-5-2-8-6(3-7(5)9)4-10-11-8/h2-4H,1H3. The molecule has 0 aliphatic rings. The molecule has 0 unspecified atom stereocenters. The minimum Gasteiger partial charge on any atom is -0.200 e. The van der Waals surface area contributed by atoms with Gasteiger partial charge in [-0.15, -0.1) is 0 Å². The van der Waals surface area contributed by atoms with Crippen molar-refractivity contribution >= 4 is 33.2 Å². The first-order valence-electron chi connectivity index (χ1n) is 3.28.